The maximum atomic E-state index is 12.9. The molecule has 0 bridgehead atoms. The highest BCUT2D eigenvalue weighted by Gasteiger charge is 2.35. The van der Waals surface area contributed by atoms with Crippen LogP contribution < -0.4 is 9.47 Å². The molecule has 0 amide bonds. The van der Waals surface area contributed by atoms with Crippen molar-refractivity contribution in [3.63, 3.8) is 0 Å². The number of pyridine rings is 1. The van der Waals surface area contributed by atoms with Crippen molar-refractivity contribution in [2.24, 2.45) is 0 Å². The predicted molar refractivity (Wildman–Crippen MR) is 94.8 cm³/mol. The highest BCUT2D eigenvalue weighted by atomic mass is 35.5. The first-order chi connectivity index (χ1) is 11.9. The van der Waals surface area contributed by atoms with Gasteiger partial charge in [-0.15, -0.1) is 0 Å². The van der Waals surface area contributed by atoms with Gasteiger partial charge in [-0.3, -0.25) is 0 Å². The lowest BCUT2D eigenvalue weighted by atomic mass is 10.3. The molecule has 6 nitrogen and oxygen atoms in total. The maximum Gasteiger partial charge on any atom is 0.246 e. The van der Waals surface area contributed by atoms with Crippen LogP contribution in [-0.2, 0) is 10.0 Å². The van der Waals surface area contributed by atoms with Gasteiger partial charge >= 0.3 is 0 Å². The number of benzene rings is 1. The van der Waals surface area contributed by atoms with E-state index >= 15 is 0 Å². The van der Waals surface area contributed by atoms with Crippen molar-refractivity contribution in [1.82, 2.24) is 9.29 Å². The van der Waals surface area contributed by atoms with E-state index in [0.29, 0.717) is 23.9 Å². The van der Waals surface area contributed by atoms with Crippen LogP contribution in [-0.4, -0.2) is 44.0 Å². The lowest BCUT2D eigenvalue weighted by Gasteiger charge is -2.19. The largest absolute Gasteiger partial charge is 0.495 e. The first kappa shape index (κ1) is 18.0. The van der Waals surface area contributed by atoms with Crippen LogP contribution in [0.1, 0.15) is 12.1 Å². The molecule has 0 radical (unpaired) electrons. The Balaban J connectivity index is 1.78. The molecule has 0 unspecified atom stereocenters. The van der Waals surface area contributed by atoms with Crippen LogP contribution >= 0.6 is 11.6 Å². The van der Waals surface area contributed by atoms with E-state index in [-0.39, 0.29) is 23.3 Å². The van der Waals surface area contributed by atoms with E-state index in [1.165, 1.54) is 17.5 Å². The minimum Gasteiger partial charge on any atom is -0.495 e. The molecular formula is C17H19ClN2O4S. The summed E-state index contributed by atoms with van der Waals surface area (Å²) in [5.74, 6) is 0.777. The number of rotatable bonds is 5. The number of hydrogen-bond acceptors (Lipinski definition) is 5. The lowest BCUT2D eigenvalue weighted by molar-refractivity contribution is 0.206. The van der Waals surface area contributed by atoms with Gasteiger partial charge in [0.1, 0.15) is 16.7 Å². The zero-order valence-corrected chi connectivity index (χ0v) is 15.5. The molecule has 1 atom stereocenters. The number of aromatic nitrogens is 1. The van der Waals surface area contributed by atoms with Crippen molar-refractivity contribution >= 4 is 21.6 Å². The molecule has 1 saturated heterocycles. The first-order valence-corrected chi connectivity index (χ1v) is 9.66. The number of methoxy groups -OCH3 is 1. The molecule has 0 saturated carbocycles. The highest BCUT2D eigenvalue weighted by Crippen LogP contribution is 2.31. The fraction of sp³-hybridized carbons (Fsp3) is 0.353. The molecule has 0 spiro atoms. The Morgan fingerprint density at radius 2 is 2.08 bits per heavy atom. The molecule has 1 aliphatic rings. The third-order valence-corrected chi connectivity index (χ3v) is 6.12. The van der Waals surface area contributed by atoms with Gasteiger partial charge in [0, 0.05) is 23.3 Å². The molecule has 3 rings (SSSR count). The highest BCUT2D eigenvalue weighted by molar-refractivity contribution is 7.89. The number of halogens is 1. The fourth-order valence-electron chi connectivity index (χ4n) is 2.76. The molecule has 1 aliphatic heterocycles. The molecule has 0 N–H and O–H groups in total. The minimum atomic E-state index is -3.71. The van der Waals surface area contributed by atoms with E-state index in [9.17, 15) is 8.42 Å². The smallest absolute Gasteiger partial charge is 0.246 e. The van der Waals surface area contributed by atoms with Gasteiger partial charge in [-0.05, 0) is 37.6 Å². The van der Waals surface area contributed by atoms with E-state index in [2.05, 4.69) is 4.98 Å². The Bertz CT molecular complexity index is 873. The normalized spacial score (nSPS) is 18.3. The fourth-order valence-corrected chi connectivity index (χ4v) is 4.66. The van der Waals surface area contributed by atoms with Crippen LogP contribution in [0, 0.1) is 6.92 Å². The van der Waals surface area contributed by atoms with Gasteiger partial charge in [-0.2, -0.15) is 4.31 Å². The zero-order valence-electron chi connectivity index (χ0n) is 14.0. The van der Waals surface area contributed by atoms with Crippen molar-refractivity contribution in [1.29, 1.82) is 0 Å². The number of aryl methyl sites for hydroxylation is 1. The van der Waals surface area contributed by atoms with E-state index in [1.807, 2.05) is 19.1 Å². The average molecular weight is 383 g/mol. The number of sulfonamides is 1. The van der Waals surface area contributed by atoms with Crippen molar-refractivity contribution in [2.45, 2.75) is 24.3 Å². The average Bonchev–Trinajstić information content (AvgIpc) is 3.04. The molecular weight excluding hydrogens is 364 g/mol. The van der Waals surface area contributed by atoms with Crippen LogP contribution in [0.2, 0.25) is 5.02 Å². The Morgan fingerprint density at radius 3 is 2.80 bits per heavy atom. The summed E-state index contributed by atoms with van der Waals surface area (Å²) in [4.78, 5) is 4.36. The predicted octanol–water partition coefficient (Wildman–Crippen LogP) is 2.89. The quantitative estimate of drug-likeness (QED) is 0.795. The van der Waals surface area contributed by atoms with E-state index in [4.69, 9.17) is 21.1 Å². The van der Waals surface area contributed by atoms with E-state index < -0.39 is 10.0 Å². The first-order valence-electron chi connectivity index (χ1n) is 7.84. The summed E-state index contributed by atoms with van der Waals surface area (Å²) in [5.41, 5.74) is 0.851. The van der Waals surface area contributed by atoms with Gasteiger partial charge in [0.15, 0.2) is 0 Å². The molecule has 0 aliphatic carbocycles. The summed E-state index contributed by atoms with van der Waals surface area (Å²) in [6.45, 7) is 2.51. The Labute approximate surface area is 152 Å². The summed E-state index contributed by atoms with van der Waals surface area (Å²) in [6.07, 6.45) is 0.354. The Hall–Kier alpha value is -1.83. The molecule has 25 heavy (non-hydrogen) atoms. The molecule has 8 heteroatoms. The topological polar surface area (TPSA) is 68.7 Å². The van der Waals surface area contributed by atoms with Gasteiger partial charge < -0.3 is 9.47 Å². The molecule has 1 aromatic carbocycles. The van der Waals surface area contributed by atoms with Crippen LogP contribution in [0.5, 0.6) is 11.6 Å². The van der Waals surface area contributed by atoms with E-state index in [1.54, 1.807) is 18.2 Å². The van der Waals surface area contributed by atoms with Gasteiger partial charge in [-0.25, -0.2) is 13.4 Å². The van der Waals surface area contributed by atoms with Crippen LogP contribution in [0.3, 0.4) is 0 Å². The van der Waals surface area contributed by atoms with Crippen molar-refractivity contribution in [3.05, 3.63) is 47.1 Å². The molecule has 1 fully saturated rings. The maximum absolute atomic E-state index is 12.9. The van der Waals surface area contributed by atoms with Crippen molar-refractivity contribution in [2.75, 3.05) is 20.2 Å². The SMILES string of the molecule is COc1ccc(Cl)cc1S(=O)(=O)N1CC[C@H](Oc2cccc(C)n2)C1. The number of nitrogens with zero attached hydrogens (tertiary/aromatic N) is 2. The van der Waals surface area contributed by atoms with Crippen LogP contribution in [0.25, 0.3) is 0 Å². The standard InChI is InChI=1S/C17H19ClN2O4S/c1-12-4-3-5-17(19-12)24-14-8-9-20(11-14)25(21,22)16-10-13(18)6-7-15(16)23-2/h3-7,10,14H,8-9,11H2,1-2H3/t14-/m0/s1. The number of hydrogen-bond donors (Lipinski definition) is 0. The van der Waals surface area contributed by atoms with Gasteiger partial charge in [-0.1, -0.05) is 17.7 Å². The molecule has 134 valence electrons. The minimum absolute atomic E-state index is 0.0665. The summed E-state index contributed by atoms with van der Waals surface area (Å²) in [6, 6.07) is 10.1. The second-order valence-corrected chi connectivity index (χ2v) is 8.15. The van der Waals surface area contributed by atoms with Crippen LogP contribution in [0.4, 0.5) is 0 Å². The Kier molecular flexibility index (Phi) is 5.17. The Morgan fingerprint density at radius 1 is 1.28 bits per heavy atom. The number of ether oxygens (including phenoxy) is 2. The van der Waals surface area contributed by atoms with Gasteiger partial charge in [0.2, 0.25) is 15.9 Å². The zero-order chi connectivity index (χ0) is 18.0. The second-order valence-electron chi connectivity index (χ2n) is 5.80. The third kappa shape index (κ3) is 3.89. The third-order valence-electron chi connectivity index (χ3n) is 4.00. The lowest BCUT2D eigenvalue weighted by Crippen LogP contribution is -2.31. The summed E-state index contributed by atoms with van der Waals surface area (Å²) < 4.78 is 38.3. The summed E-state index contributed by atoms with van der Waals surface area (Å²) in [5, 5.41) is 0.343. The summed E-state index contributed by atoms with van der Waals surface area (Å²) >= 11 is 5.97. The monoisotopic (exact) mass is 382 g/mol. The van der Waals surface area contributed by atoms with Crippen molar-refractivity contribution in [3.8, 4) is 11.6 Å². The summed E-state index contributed by atoms with van der Waals surface area (Å²) in [7, 11) is -2.28. The molecule has 1 aromatic heterocycles. The second kappa shape index (κ2) is 7.19. The van der Waals surface area contributed by atoms with Gasteiger partial charge in [0.25, 0.3) is 0 Å². The van der Waals surface area contributed by atoms with Crippen LogP contribution in [0.15, 0.2) is 41.3 Å². The molecule has 2 aromatic rings. The molecule has 2 heterocycles. The van der Waals surface area contributed by atoms with E-state index in [0.717, 1.165) is 5.69 Å². The van der Waals surface area contributed by atoms with Crippen molar-refractivity contribution < 1.29 is 17.9 Å². The van der Waals surface area contributed by atoms with Gasteiger partial charge in [0.05, 0.1) is 13.7 Å².